The highest BCUT2D eigenvalue weighted by Crippen LogP contribution is 2.29. The van der Waals surface area contributed by atoms with Gasteiger partial charge in [-0.2, -0.15) is 0 Å². The summed E-state index contributed by atoms with van der Waals surface area (Å²) < 4.78 is 6.93. The lowest BCUT2D eigenvalue weighted by atomic mass is 10.1. The van der Waals surface area contributed by atoms with Crippen LogP contribution in [0.5, 0.6) is 0 Å². The maximum Gasteiger partial charge on any atom is 0.273 e. The highest BCUT2D eigenvalue weighted by atomic mass is 16.5. The molecule has 3 aromatic heterocycles. The number of H-pyrrole nitrogens is 1. The van der Waals surface area contributed by atoms with E-state index in [4.69, 9.17) is 9.51 Å². The van der Waals surface area contributed by atoms with Crippen molar-refractivity contribution in [3.8, 4) is 22.5 Å². The fraction of sp³-hybridized carbons (Fsp3) is 0.250. The summed E-state index contributed by atoms with van der Waals surface area (Å²) in [6, 6.07) is 11.5. The average molecular weight is 348 g/mol. The number of rotatable bonds is 4. The number of aromatic nitrogens is 4. The van der Waals surface area contributed by atoms with Gasteiger partial charge in [-0.05, 0) is 18.9 Å². The highest BCUT2D eigenvalue weighted by Gasteiger charge is 2.20. The monoisotopic (exact) mass is 348 g/mol. The van der Waals surface area contributed by atoms with Gasteiger partial charge in [-0.3, -0.25) is 9.89 Å². The van der Waals surface area contributed by atoms with E-state index in [0.29, 0.717) is 17.8 Å². The standard InChI is InChI=1S/C20H20N4O2/c1-4-14-18(16(5-2)26-23-14)15-11-17(25)24-20(21-15)12(3)19(22-24)13-9-7-6-8-10-13/h6-11,22H,4-5H2,1-3H3. The Hall–Kier alpha value is -3.15. The third-order valence-corrected chi connectivity index (χ3v) is 4.66. The lowest BCUT2D eigenvalue weighted by molar-refractivity contribution is 0.381. The molecule has 0 aliphatic carbocycles. The van der Waals surface area contributed by atoms with Crippen molar-refractivity contribution in [3.05, 3.63) is 63.8 Å². The number of aromatic amines is 1. The zero-order valence-electron chi connectivity index (χ0n) is 15.0. The van der Waals surface area contributed by atoms with Crippen LogP contribution in [0.1, 0.15) is 30.9 Å². The Morgan fingerprint density at radius 1 is 1.15 bits per heavy atom. The third-order valence-electron chi connectivity index (χ3n) is 4.66. The molecule has 6 nitrogen and oxygen atoms in total. The van der Waals surface area contributed by atoms with E-state index >= 15 is 0 Å². The predicted octanol–water partition coefficient (Wildman–Crippen LogP) is 3.78. The van der Waals surface area contributed by atoms with Crippen molar-refractivity contribution in [2.24, 2.45) is 0 Å². The van der Waals surface area contributed by atoms with Gasteiger partial charge < -0.3 is 4.52 Å². The van der Waals surface area contributed by atoms with Crippen molar-refractivity contribution in [2.75, 3.05) is 0 Å². The zero-order chi connectivity index (χ0) is 18.3. The van der Waals surface area contributed by atoms with Crippen molar-refractivity contribution >= 4 is 5.65 Å². The van der Waals surface area contributed by atoms with Gasteiger partial charge in [0.25, 0.3) is 5.56 Å². The van der Waals surface area contributed by atoms with E-state index in [1.165, 1.54) is 4.52 Å². The molecule has 0 atom stereocenters. The van der Waals surface area contributed by atoms with Gasteiger partial charge in [-0.1, -0.05) is 49.3 Å². The average Bonchev–Trinajstić information content (AvgIpc) is 3.24. The fourth-order valence-corrected chi connectivity index (χ4v) is 3.30. The van der Waals surface area contributed by atoms with Gasteiger partial charge in [0.05, 0.1) is 22.6 Å². The Morgan fingerprint density at radius 3 is 2.62 bits per heavy atom. The summed E-state index contributed by atoms with van der Waals surface area (Å²) in [5.74, 6) is 0.759. The molecular weight excluding hydrogens is 328 g/mol. The molecule has 0 spiro atoms. The maximum atomic E-state index is 12.7. The summed E-state index contributed by atoms with van der Waals surface area (Å²) >= 11 is 0. The van der Waals surface area contributed by atoms with Crippen molar-refractivity contribution in [3.63, 3.8) is 0 Å². The Morgan fingerprint density at radius 2 is 1.92 bits per heavy atom. The van der Waals surface area contributed by atoms with Crippen molar-refractivity contribution in [1.29, 1.82) is 0 Å². The lowest BCUT2D eigenvalue weighted by Gasteiger charge is -2.02. The quantitative estimate of drug-likeness (QED) is 0.609. The largest absolute Gasteiger partial charge is 0.360 e. The number of fused-ring (bicyclic) bond motifs is 1. The smallest absolute Gasteiger partial charge is 0.273 e. The predicted molar refractivity (Wildman–Crippen MR) is 100 cm³/mol. The topological polar surface area (TPSA) is 76.2 Å². The van der Waals surface area contributed by atoms with Gasteiger partial charge in [0.2, 0.25) is 0 Å². The molecule has 3 heterocycles. The minimum absolute atomic E-state index is 0.152. The second-order valence-corrected chi connectivity index (χ2v) is 6.25. The summed E-state index contributed by atoms with van der Waals surface area (Å²) in [4.78, 5) is 17.5. The molecule has 0 amide bonds. The normalized spacial score (nSPS) is 11.3. The zero-order valence-corrected chi connectivity index (χ0v) is 15.0. The summed E-state index contributed by atoms with van der Waals surface area (Å²) in [6.07, 6.45) is 1.42. The first-order valence-corrected chi connectivity index (χ1v) is 8.79. The maximum absolute atomic E-state index is 12.7. The van der Waals surface area contributed by atoms with Crippen LogP contribution in [-0.4, -0.2) is 19.8 Å². The molecule has 0 aliphatic rings. The van der Waals surface area contributed by atoms with Gasteiger partial charge in [-0.15, -0.1) is 0 Å². The van der Waals surface area contributed by atoms with Crippen molar-refractivity contribution < 1.29 is 4.52 Å². The molecule has 0 bridgehead atoms. The van der Waals surface area contributed by atoms with Gasteiger partial charge in [0.15, 0.2) is 5.65 Å². The van der Waals surface area contributed by atoms with Crippen LogP contribution >= 0.6 is 0 Å². The van der Waals surface area contributed by atoms with E-state index in [9.17, 15) is 4.79 Å². The minimum Gasteiger partial charge on any atom is -0.360 e. The van der Waals surface area contributed by atoms with E-state index in [2.05, 4.69) is 10.3 Å². The van der Waals surface area contributed by atoms with Crippen LogP contribution in [0.2, 0.25) is 0 Å². The van der Waals surface area contributed by atoms with Crippen LogP contribution in [0.3, 0.4) is 0 Å². The summed E-state index contributed by atoms with van der Waals surface area (Å²) in [7, 11) is 0. The molecule has 0 radical (unpaired) electrons. The van der Waals surface area contributed by atoms with E-state index in [1.54, 1.807) is 6.07 Å². The first kappa shape index (κ1) is 16.3. The molecule has 0 fully saturated rings. The van der Waals surface area contributed by atoms with E-state index < -0.39 is 0 Å². The minimum atomic E-state index is -0.152. The van der Waals surface area contributed by atoms with Crippen molar-refractivity contribution in [1.82, 2.24) is 19.8 Å². The second-order valence-electron chi connectivity index (χ2n) is 6.25. The molecular formula is C20H20N4O2. The van der Waals surface area contributed by atoms with E-state index in [0.717, 1.165) is 40.3 Å². The van der Waals surface area contributed by atoms with Crippen LogP contribution in [0.4, 0.5) is 0 Å². The number of nitrogens with one attached hydrogen (secondary N) is 1. The van der Waals surface area contributed by atoms with E-state index in [-0.39, 0.29) is 5.56 Å². The van der Waals surface area contributed by atoms with Gasteiger partial charge in [0.1, 0.15) is 5.76 Å². The fourth-order valence-electron chi connectivity index (χ4n) is 3.30. The third kappa shape index (κ3) is 2.45. The molecule has 4 rings (SSSR count). The SMILES string of the molecule is CCc1noc(CC)c1-c1cc(=O)n2[nH]c(-c3ccccc3)c(C)c2n1. The van der Waals surface area contributed by atoms with Crippen LogP contribution in [-0.2, 0) is 12.8 Å². The Balaban J connectivity index is 1.97. The second kappa shape index (κ2) is 6.29. The van der Waals surface area contributed by atoms with Crippen LogP contribution in [0.25, 0.3) is 28.2 Å². The number of nitrogens with zero attached hydrogens (tertiary/aromatic N) is 3. The van der Waals surface area contributed by atoms with E-state index in [1.807, 2.05) is 51.1 Å². The lowest BCUT2D eigenvalue weighted by Crippen LogP contribution is -2.14. The molecule has 0 saturated carbocycles. The first-order valence-electron chi connectivity index (χ1n) is 8.79. The Kier molecular flexibility index (Phi) is 3.95. The summed E-state index contributed by atoms with van der Waals surface area (Å²) in [6.45, 7) is 5.99. The molecule has 0 aliphatic heterocycles. The summed E-state index contributed by atoms with van der Waals surface area (Å²) in [5, 5.41) is 7.32. The molecule has 6 heteroatoms. The number of benzene rings is 1. The number of hydrogen-bond donors (Lipinski definition) is 1. The van der Waals surface area contributed by atoms with Crippen LogP contribution in [0, 0.1) is 6.92 Å². The molecule has 26 heavy (non-hydrogen) atoms. The molecule has 0 saturated heterocycles. The molecule has 1 aromatic carbocycles. The number of aryl methyl sites for hydroxylation is 3. The van der Waals surface area contributed by atoms with Crippen LogP contribution < -0.4 is 5.56 Å². The molecule has 1 N–H and O–H groups in total. The molecule has 132 valence electrons. The summed E-state index contributed by atoms with van der Waals surface area (Å²) in [5.41, 5.74) is 5.60. The highest BCUT2D eigenvalue weighted by molar-refractivity contribution is 5.73. The first-order chi connectivity index (χ1) is 12.6. The van der Waals surface area contributed by atoms with Crippen LogP contribution in [0.15, 0.2) is 45.7 Å². The van der Waals surface area contributed by atoms with Crippen molar-refractivity contribution in [2.45, 2.75) is 33.6 Å². The Bertz CT molecular complexity index is 1110. The van der Waals surface area contributed by atoms with Gasteiger partial charge in [-0.25, -0.2) is 9.50 Å². The molecule has 4 aromatic rings. The van der Waals surface area contributed by atoms with Gasteiger partial charge >= 0.3 is 0 Å². The Labute approximate surface area is 150 Å². The van der Waals surface area contributed by atoms with Gasteiger partial charge in [0, 0.05) is 18.1 Å². The molecule has 0 unspecified atom stereocenters. The number of hydrogen-bond acceptors (Lipinski definition) is 4.